The second kappa shape index (κ2) is 8.56. The van der Waals surface area contributed by atoms with E-state index >= 15 is 0 Å². The number of aromatic nitrogens is 2. The number of carbonyl (C=O) groups is 1. The molecular weight excluding hydrogens is 346 g/mol. The molecular formula is C19H35N3O3Si. The van der Waals surface area contributed by atoms with E-state index in [1.54, 1.807) is 0 Å². The van der Waals surface area contributed by atoms with Gasteiger partial charge in [-0.05, 0) is 45.2 Å². The predicted molar refractivity (Wildman–Crippen MR) is 106 cm³/mol. The Balaban J connectivity index is 1.85. The molecule has 0 aliphatic carbocycles. The van der Waals surface area contributed by atoms with E-state index in [0.29, 0.717) is 19.2 Å². The summed E-state index contributed by atoms with van der Waals surface area (Å²) < 4.78 is 13.1. The lowest BCUT2D eigenvalue weighted by Crippen LogP contribution is -2.42. The maximum absolute atomic E-state index is 12.3. The number of hydrogen-bond acceptors (Lipinski definition) is 4. The lowest BCUT2D eigenvalue weighted by Gasteiger charge is -2.33. The molecule has 1 fully saturated rings. The van der Waals surface area contributed by atoms with Gasteiger partial charge >= 0.3 is 6.09 Å². The lowest BCUT2D eigenvalue weighted by atomic mass is 9.93. The number of carbonyl (C=O) groups excluding carboxylic acids is 1. The van der Waals surface area contributed by atoms with E-state index < -0.39 is 13.7 Å². The molecule has 148 valence electrons. The van der Waals surface area contributed by atoms with Crippen molar-refractivity contribution in [2.75, 3.05) is 19.7 Å². The number of hydrogen-bond donors (Lipinski definition) is 0. The van der Waals surface area contributed by atoms with Crippen LogP contribution in [0.15, 0.2) is 12.4 Å². The first-order valence-electron chi connectivity index (χ1n) is 9.61. The summed E-state index contributed by atoms with van der Waals surface area (Å²) in [5.74, 6) is 0.312. The number of amides is 1. The van der Waals surface area contributed by atoms with Gasteiger partial charge in [-0.1, -0.05) is 19.6 Å². The molecule has 1 aliphatic rings. The van der Waals surface area contributed by atoms with Crippen molar-refractivity contribution >= 4 is 14.2 Å². The van der Waals surface area contributed by atoms with Gasteiger partial charge in [0.15, 0.2) is 0 Å². The number of nitrogens with zero attached hydrogens (tertiary/aromatic N) is 3. The molecule has 26 heavy (non-hydrogen) atoms. The fourth-order valence-electron chi connectivity index (χ4n) is 2.94. The van der Waals surface area contributed by atoms with Crippen LogP contribution in [0.5, 0.6) is 0 Å². The molecule has 2 heterocycles. The third-order valence-corrected chi connectivity index (χ3v) is 6.12. The van der Waals surface area contributed by atoms with Crippen molar-refractivity contribution in [1.29, 1.82) is 0 Å². The molecule has 1 amide bonds. The first-order valence-corrected chi connectivity index (χ1v) is 13.3. The lowest BCUT2D eigenvalue weighted by molar-refractivity contribution is 0.0198. The SMILES string of the molecule is CC(C)(C)OC(=O)N1CCCC(c2cnn(COCC[Si](C)(C)C)c2)C1. The second-order valence-corrected chi connectivity index (χ2v) is 15.0. The van der Waals surface area contributed by atoms with Crippen LogP contribution in [0, 0.1) is 0 Å². The van der Waals surface area contributed by atoms with E-state index in [1.807, 2.05) is 36.5 Å². The number of piperidine rings is 1. The fourth-order valence-corrected chi connectivity index (χ4v) is 3.70. The molecule has 1 saturated heterocycles. The first kappa shape index (κ1) is 21.0. The summed E-state index contributed by atoms with van der Waals surface area (Å²) >= 11 is 0. The molecule has 6 nitrogen and oxygen atoms in total. The molecule has 0 N–H and O–H groups in total. The van der Waals surface area contributed by atoms with Gasteiger partial charge in [-0.25, -0.2) is 9.48 Å². The molecule has 1 aromatic rings. The van der Waals surface area contributed by atoms with Crippen LogP contribution in [0.2, 0.25) is 25.7 Å². The van der Waals surface area contributed by atoms with Gasteiger partial charge in [-0.3, -0.25) is 0 Å². The monoisotopic (exact) mass is 381 g/mol. The normalized spacial score (nSPS) is 18.8. The Kier molecular flexibility index (Phi) is 6.90. The summed E-state index contributed by atoms with van der Waals surface area (Å²) in [4.78, 5) is 14.1. The molecule has 0 spiro atoms. The highest BCUT2D eigenvalue weighted by Crippen LogP contribution is 2.27. The van der Waals surface area contributed by atoms with Crippen molar-refractivity contribution in [3.63, 3.8) is 0 Å². The predicted octanol–water partition coefficient (Wildman–Crippen LogP) is 4.31. The quantitative estimate of drug-likeness (QED) is 0.544. The molecule has 0 bridgehead atoms. The van der Waals surface area contributed by atoms with Crippen molar-refractivity contribution in [2.24, 2.45) is 0 Å². The van der Waals surface area contributed by atoms with Crippen LogP contribution in [0.1, 0.15) is 45.1 Å². The summed E-state index contributed by atoms with van der Waals surface area (Å²) in [6.07, 6.45) is 5.80. The molecule has 0 saturated carbocycles. The minimum absolute atomic E-state index is 0.218. The van der Waals surface area contributed by atoms with E-state index in [9.17, 15) is 4.79 Å². The molecule has 1 unspecified atom stereocenters. The average Bonchev–Trinajstić information content (AvgIpc) is 2.98. The third-order valence-electron chi connectivity index (χ3n) is 4.42. The van der Waals surface area contributed by atoms with E-state index in [-0.39, 0.29) is 6.09 Å². The zero-order valence-corrected chi connectivity index (χ0v) is 18.2. The Labute approximate surface area is 158 Å². The zero-order chi connectivity index (χ0) is 19.4. The Morgan fingerprint density at radius 3 is 2.73 bits per heavy atom. The largest absolute Gasteiger partial charge is 0.444 e. The van der Waals surface area contributed by atoms with E-state index in [2.05, 4.69) is 30.9 Å². The fraction of sp³-hybridized carbons (Fsp3) is 0.789. The first-order chi connectivity index (χ1) is 12.0. The van der Waals surface area contributed by atoms with Gasteiger partial charge in [0.1, 0.15) is 12.3 Å². The van der Waals surface area contributed by atoms with Crippen molar-refractivity contribution in [1.82, 2.24) is 14.7 Å². The van der Waals surface area contributed by atoms with Crippen molar-refractivity contribution < 1.29 is 14.3 Å². The van der Waals surface area contributed by atoms with Crippen LogP contribution in [-0.4, -0.2) is 54.1 Å². The topological polar surface area (TPSA) is 56.6 Å². The van der Waals surface area contributed by atoms with Crippen LogP contribution in [-0.2, 0) is 16.2 Å². The third kappa shape index (κ3) is 7.11. The van der Waals surface area contributed by atoms with Crippen LogP contribution in [0.3, 0.4) is 0 Å². The van der Waals surface area contributed by atoms with E-state index in [1.165, 1.54) is 5.56 Å². The Bertz CT molecular complexity index is 590. The minimum atomic E-state index is -1.06. The standard InChI is InChI=1S/C19H35N3O3Si/c1-19(2,3)25-18(23)21-9-7-8-16(13-21)17-12-20-22(14-17)15-24-10-11-26(4,5)6/h12,14,16H,7-11,13,15H2,1-6H3. The molecule has 2 rings (SSSR count). The van der Waals surface area contributed by atoms with Gasteiger partial charge in [0.05, 0.1) is 6.20 Å². The molecule has 1 aromatic heterocycles. The summed E-state index contributed by atoms with van der Waals surface area (Å²) in [5.41, 5.74) is 0.717. The van der Waals surface area contributed by atoms with Gasteiger partial charge in [-0.2, -0.15) is 5.10 Å². The van der Waals surface area contributed by atoms with Crippen molar-refractivity contribution in [2.45, 2.75) is 77.5 Å². The Morgan fingerprint density at radius 1 is 1.35 bits per heavy atom. The van der Waals surface area contributed by atoms with Crippen LogP contribution < -0.4 is 0 Å². The summed E-state index contributed by atoms with van der Waals surface area (Å²) in [7, 11) is -1.06. The maximum atomic E-state index is 12.3. The van der Waals surface area contributed by atoms with Crippen LogP contribution in [0.25, 0.3) is 0 Å². The van der Waals surface area contributed by atoms with Gasteiger partial charge in [-0.15, -0.1) is 0 Å². The zero-order valence-electron chi connectivity index (χ0n) is 17.2. The second-order valence-electron chi connectivity index (χ2n) is 9.43. The average molecular weight is 382 g/mol. The molecule has 0 aromatic carbocycles. The Hall–Kier alpha value is -1.34. The van der Waals surface area contributed by atoms with Gasteiger partial charge < -0.3 is 14.4 Å². The van der Waals surface area contributed by atoms with Gasteiger partial charge in [0.25, 0.3) is 0 Å². The summed E-state index contributed by atoms with van der Waals surface area (Å²) in [6.45, 7) is 15.5. The van der Waals surface area contributed by atoms with Gasteiger partial charge in [0, 0.05) is 39.9 Å². The molecule has 0 radical (unpaired) electrons. The number of likely N-dealkylation sites (tertiary alicyclic amines) is 1. The van der Waals surface area contributed by atoms with E-state index in [4.69, 9.17) is 9.47 Å². The minimum Gasteiger partial charge on any atom is -0.444 e. The number of rotatable bonds is 6. The summed E-state index contributed by atoms with van der Waals surface area (Å²) in [5, 5.41) is 4.42. The van der Waals surface area contributed by atoms with E-state index in [0.717, 1.165) is 32.0 Å². The molecule has 1 atom stereocenters. The molecule has 7 heteroatoms. The van der Waals surface area contributed by atoms with Crippen molar-refractivity contribution in [3.8, 4) is 0 Å². The van der Waals surface area contributed by atoms with Gasteiger partial charge in [0.2, 0.25) is 0 Å². The van der Waals surface area contributed by atoms with Crippen LogP contribution >= 0.6 is 0 Å². The number of ether oxygens (including phenoxy) is 2. The smallest absolute Gasteiger partial charge is 0.410 e. The summed E-state index contributed by atoms with van der Waals surface area (Å²) in [6, 6.07) is 1.16. The highest BCUT2D eigenvalue weighted by molar-refractivity contribution is 6.76. The Morgan fingerprint density at radius 2 is 2.08 bits per heavy atom. The van der Waals surface area contributed by atoms with Crippen LogP contribution in [0.4, 0.5) is 4.79 Å². The highest BCUT2D eigenvalue weighted by Gasteiger charge is 2.28. The molecule has 1 aliphatic heterocycles. The maximum Gasteiger partial charge on any atom is 0.410 e. The van der Waals surface area contributed by atoms with Crippen molar-refractivity contribution in [3.05, 3.63) is 18.0 Å². The highest BCUT2D eigenvalue weighted by atomic mass is 28.3.